The van der Waals surface area contributed by atoms with Crippen LogP contribution in [0.4, 0.5) is 0 Å². The standard InChI is InChI=1S/C12H9BrN2OS/c1-8(15-17(2)16)11-6-4-9-3-5-10(13)7-12(9)14-11/h2-7H,1H3. The normalized spacial score (nSPS) is 11.7. The van der Waals surface area contributed by atoms with E-state index in [4.69, 9.17) is 5.69 Å². The number of halogens is 1. The molecular weight excluding hydrogens is 300 g/mol. The summed E-state index contributed by atoms with van der Waals surface area (Å²) in [4.78, 5) is 4.44. The van der Waals surface area contributed by atoms with Crippen LogP contribution in [-0.2, 0) is 10.4 Å². The second-order valence-corrected chi connectivity index (χ2v) is 5.14. The highest BCUT2D eigenvalue weighted by Gasteiger charge is 2.02. The third-order valence-corrected chi connectivity index (χ3v) is 3.20. The van der Waals surface area contributed by atoms with Gasteiger partial charge in [-0.3, -0.25) is 0 Å². The first-order chi connectivity index (χ1) is 8.06. The van der Waals surface area contributed by atoms with Crippen molar-refractivity contribution in [1.82, 2.24) is 4.98 Å². The molecule has 0 N–H and O–H groups in total. The third kappa shape index (κ3) is 2.82. The van der Waals surface area contributed by atoms with Crippen molar-refractivity contribution in [3.63, 3.8) is 0 Å². The summed E-state index contributed by atoms with van der Waals surface area (Å²) in [5.41, 5.74) is 7.21. The maximum Gasteiger partial charge on any atom is 0.140 e. The average Bonchev–Trinajstić information content (AvgIpc) is 2.27. The number of nitrogens with zero attached hydrogens (tertiary/aromatic N) is 2. The van der Waals surface area contributed by atoms with Crippen LogP contribution in [0.1, 0.15) is 12.6 Å². The fraction of sp³-hybridized carbons (Fsp3) is 0.0833. The van der Waals surface area contributed by atoms with Crippen LogP contribution in [0.25, 0.3) is 10.9 Å². The predicted molar refractivity (Wildman–Crippen MR) is 74.7 cm³/mol. The van der Waals surface area contributed by atoms with E-state index in [1.807, 2.05) is 30.3 Å². The summed E-state index contributed by atoms with van der Waals surface area (Å²) in [6.07, 6.45) is 0. The number of hydrogen-bond donors (Lipinski definition) is 0. The highest BCUT2D eigenvalue weighted by Crippen LogP contribution is 2.18. The summed E-state index contributed by atoms with van der Waals surface area (Å²) >= 11 is 3.40. The van der Waals surface area contributed by atoms with E-state index >= 15 is 0 Å². The van der Waals surface area contributed by atoms with Crippen molar-refractivity contribution in [2.75, 3.05) is 0 Å². The van der Waals surface area contributed by atoms with E-state index in [2.05, 4.69) is 25.3 Å². The molecule has 3 nitrogen and oxygen atoms in total. The smallest absolute Gasteiger partial charge is 0.140 e. The maximum absolute atomic E-state index is 10.8. The lowest BCUT2D eigenvalue weighted by Gasteiger charge is -2.01. The van der Waals surface area contributed by atoms with Crippen molar-refractivity contribution < 1.29 is 4.21 Å². The first-order valence-corrected chi connectivity index (χ1v) is 6.81. The number of hydrogen-bond acceptors (Lipinski definition) is 2. The van der Waals surface area contributed by atoms with Gasteiger partial charge in [-0.2, -0.15) is 8.61 Å². The van der Waals surface area contributed by atoms with Gasteiger partial charge in [-0.05, 0) is 25.1 Å². The maximum atomic E-state index is 10.8. The Labute approximate surface area is 110 Å². The van der Waals surface area contributed by atoms with Crippen LogP contribution in [0.3, 0.4) is 0 Å². The molecule has 1 heterocycles. The Hall–Kier alpha value is -1.42. The minimum atomic E-state index is -1.70. The van der Waals surface area contributed by atoms with Gasteiger partial charge in [0, 0.05) is 9.86 Å². The van der Waals surface area contributed by atoms with Crippen LogP contribution < -0.4 is 0 Å². The highest BCUT2D eigenvalue weighted by molar-refractivity contribution is 9.10. The number of rotatable bonds is 1. The first kappa shape index (κ1) is 12.0. The molecule has 5 heteroatoms. The highest BCUT2D eigenvalue weighted by atomic mass is 79.9. The fourth-order valence-corrected chi connectivity index (χ4v) is 2.19. The summed E-state index contributed by atoms with van der Waals surface area (Å²) in [7, 11) is -1.70. The van der Waals surface area contributed by atoms with Crippen molar-refractivity contribution in [3.8, 4) is 5.69 Å². The molecule has 0 aliphatic carbocycles. The molecule has 17 heavy (non-hydrogen) atoms. The zero-order valence-corrected chi connectivity index (χ0v) is 11.5. The first-order valence-electron chi connectivity index (χ1n) is 4.84. The lowest BCUT2D eigenvalue weighted by molar-refractivity contribution is 0.693. The van der Waals surface area contributed by atoms with E-state index in [1.165, 1.54) is 0 Å². The van der Waals surface area contributed by atoms with Gasteiger partial charge in [-0.1, -0.05) is 33.8 Å². The molecule has 0 saturated heterocycles. The molecule has 0 atom stereocenters. The Morgan fingerprint density at radius 3 is 2.82 bits per heavy atom. The Balaban J connectivity index is 2.59. The molecule has 0 aliphatic rings. The minimum Gasteiger partial charge on any atom is -0.246 e. The van der Waals surface area contributed by atoms with Gasteiger partial charge in [-0.15, -0.1) is 0 Å². The predicted octanol–water partition coefficient (Wildman–Crippen LogP) is 3.06. The summed E-state index contributed by atoms with van der Waals surface area (Å²) in [5, 5.41) is 1.04. The van der Waals surface area contributed by atoms with Crippen molar-refractivity contribution >= 4 is 42.9 Å². The Morgan fingerprint density at radius 1 is 1.41 bits per heavy atom. The average molecular weight is 309 g/mol. The summed E-state index contributed by atoms with van der Waals surface area (Å²) in [6, 6.07) is 9.64. The number of pyridine rings is 1. The molecule has 2 aromatic rings. The van der Waals surface area contributed by atoms with Gasteiger partial charge in [0.25, 0.3) is 0 Å². The van der Waals surface area contributed by atoms with Crippen molar-refractivity contribution in [2.45, 2.75) is 6.92 Å². The van der Waals surface area contributed by atoms with Crippen LogP contribution >= 0.6 is 15.9 Å². The number of aromatic nitrogens is 1. The largest absolute Gasteiger partial charge is 0.246 e. The van der Waals surface area contributed by atoms with Gasteiger partial charge in [0.1, 0.15) is 10.4 Å². The van der Waals surface area contributed by atoms with Gasteiger partial charge in [-0.25, -0.2) is 4.98 Å². The second-order valence-electron chi connectivity index (χ2n) is 3.49. The molecule has 0 bridgehead atoms. The molecule has 0 amide bonds. The van der Waals surface area contributed by atoms with E-state index < -0.39 is 10.4 Å². The number of fused-ring (bicyclic) bond motifs is 1. The van der Waals surface area contributed by atoms with Gasteiger partial charge in [0.15, 0.2) is 0 Å². The Morgan fingerprint density at radius 2 is 2.12 bits per heavy atom. The van der Waals surface area contributed by atoms with E-state index in [1.54, 1.807) is 6.92 Å². The molecule has 2 rings (SSSR count). The summed E-state index contributed by atoms with van der Waals surface area (Å²) < 4.78 is 15.5. The zero-order valence-electron chi connectivity index (χ0n) is 9.05. The van der Waals surface area contributed by atoms with Crippen molar-refractivity contribution in [1.29, 1.82) is 0 Å². The van der Waals surface area contributed by atoms with Gasteiger partial charge in [0.2, 0.25) is 0 Å². The Kier molecular flexibility index (Phi) is 3.43. The lowest BCUT2D eigenvalue weighted by Crippen LogP contribution is -1.98. The topological polar surface area (TPSA) is 42.3 Å². The summed E-state index contributed by atoms with van der Waals surface area (Å²) in [5.74, 6) is 0. The SMILES string of the molecule is C#S(=O)N=C(C)c1ccc2ccc(Br)cc2n1. The molecule has 0 unspecified atom stereocenters. The molecule has 1 aromatic heterocycles. The van der Waals surface area contributed by atoms with Crippen LogP contribution in [0.2, 0.25) is 0 Å². The van der Waals surface area contributed by atoms with Gasteiger partial charge in [0.05, 0.1) is 16.9 Å². The van der Waals surface area contributed by atoms with Gasteiger partial charge >= 0.3 is 0 Å². The minimum absolute atomic E-state index is 0.563. The monoisotopic (exact) mass is 308 g/mol. The zero-order chi connectivity index (χ0) is 12.4. The number of benzene rings is 1. The van der Waals surface area contributed by atoms with Crippen LogP contribution in [0, 0.1) is 5.69 Å². The van der Waals surface area contributed by atoms with E-state index in [-0.39, 0.29) is 0 Å². The van der Waals surface area contributed by atoms with E-state index in [0.29, 0.717) is 11.4 Å². The van der Waals surface area contributed by atoms with E-state index in [0.717, 1.165) is 15.4 Å². The molecule has 0 radical (unpaired) electrons. The van der Waals surface area contributed by atoms with Crippen molar-refractivity contribution in [2.24, 2.45) is 4.40 Å². The summed E-state index contributed by atoms with van der Waals surface area (Å²) in [6.45, 7) is 1.73. The Bertz CT molecular complexity index is 734. The second kappa shape index (κ2) is 4.84. The molecule has 0 fully saturated rings. The van der Waals surface area contributed by atoms with E-state index in [9.17, 15) is 4.21 Å². The third-order valence-electron chi connectivity index (χ3n) is 2.25. The molecule has 0 spiro atoms. The van der Waals surface area contributed by atoms with Crippen LogP contribution in [0.5, 0.6) is 0 Å². The molecule has 1 aromatic carbocycles. The van der Waals surface area contributed by atoms with Crippen LogP contribution in [0.15, 0.2) is 39.2 Å². The molecule has 86 valence electrons. The molecular formula is C12H9BrN2OS. The molecule has 0 saturated carbocycles. The lowest BCUT2D eigenvalue weighted by atomic mass is 10.2. The fourth-order valence-electron chi connectivity index (χ4n) is 1.47. The van der Waals surface area contributed by atoms with Gasteiger partial charge < -0.3 is 0 Å². The van der Waals surface area contributed by atoms with Crippen molar-refractivity contribution in [3.05, 3.63) is 40.5 Å². The molecule has 0 aliphatic heterocycles. The quantitative estimate of drug-likeness (QED) is 0.760. The van der Waals surface area contributed by atoms with Crippen LogP contribution in [-0.4, -0.2) is 14.9 Å².